The van der Waals surface area contributed by atoms with Crippen LogP contribution >= 0.6 is 11.6 Å². The number of nitrogens with zero attached hydrogens (tertiary/aromatic N) is 1. The third-order valence-electron chi connectivity index (χ3n) is 5.05. The zero-order valence-electron chi connectivity index (χ0n) is 12.1. The van der Waals surface area contributed by atoms with Crippen LogP contribution in [0, 0.1) is 0 Å². The summed E-state index contributed by atoms with van der Waals surface area (Å²) in [6, 6.07) is 0. The van der Waals surface area contributed by atoms with Gasteiger partial charge in [-0.05, 0) is 38.7 Å². The summed E-state index contributed by atoms with van der Waals surface area (Å²) in [4.78, 5) is 2.66. The summed E-state index contributed by atoms with van der Waals surface area (Å²) in [5.41, 5.74) is 3.67. The van der Waals surface area contributed by atoms with Crippen molar-refractivity contribution in [2.45, 2.75) is 64.0 Å². The van der Waals surface area contributed by atoms with Crippen molar-refractivity contribution in [1.82, 2.24) is 10.2 Å². The van der Waals surface area contributed by atoms with E-state index in [0.717, 1.165) is 13.1 Å². The summed E-state index contributed by atoms with van der Waals surface area (Å²) in [6.45, 7) is 10.1. The van der Waals surface area contributed by atoms with Gasteiger partial charge in [0.25, 0.3) is 0 Å². The average Bonchev–Trinajstić information content (AvgIpc) is 2.83. The molecule has 1 saturated heterocycles. The second-order valence-corrected chi connectivity index (χ2v) is 6.72. The molecule has 1 saturated carbocycles. The molecule has 0 aromatic heterocycles. The molecule has 104 valence electrons. The Labute approximate surface area is 117 Å². The van der Waals surface area contributed by atoms with Crippen LogP contribution in [0.5, 0.6) is 0 Å². The summed E-state index contributed by atoms with van der Waals surface area (Å²) in [5, 5.41) is 3.86. The molecule has 2 aliphatic rings. The molecule has 18 heavy (non-hydrogen) atoms. The maximum Gasteiger partial charge on any atom is 0.0309 e. The van der Waals surface area contributed by atoms with Gasteiger partial charge in [0.2, 0.25) is 0 Å². The van der Waals surface area contributed by atoms with E-state index in [1.54, 1.807) is 5.54 Å². The molecule has 2 fully saturated rings. The minimum atomic E-state index is 0.273. The molecule has 3 heteroatoms. The Morgan fingerprint density at radius 3 is 2.61 bits per heavy atom. The quantitative estimate of drug-likeness (QED) is 0.844. The van der Waals surface area contributed by atoms with E-state index in [0.29, 0.717) is 5.54 Å². The molecule has 0 bridgehead atoms. The number of nitrogens with one attached hydrogen (secondary N) is 1. The van der Waals surface area contributed by atoms with Crippen LogP contribution in [-0.2, 0) is 0 Å². The maximum absolute atomic E-state index is 5.85. The van der Waals surface area contributed by atoms with Crippen molar-refractivity contribution in [2.75, 3.05) is 19.6 Å². The van der Waals surface area contributed by atoms with E-state index in [9.17, 15) is 0 Å². The largest absolute Gasteiger partial charge is 0.308 e. The molecule has 2 rings (SSSR count). The normalized spacial score (nSPS) is 33.2. The molecule has 0 aromatic carbocycles. The molecule has 1 aliphatic carbocycles. The number of halogens is 1. The Morgan fingerprint density at radius 2 is 2.06 bits per heavy atom. The lowest BCUT2D eigenvalue weighted by molar-refractivity contribution is 0.0219. The monoisotopic (exact) mass is 270 g/mol. The van der Waals surface area contributed by atoms with Crippen molar-refractivity contribution in [3.8, 4) is 0 Å². The Bertz CT molecular complexity index is 320. The molecule has 1 N–H and O–H groups in total. The first kappa shape index (κ1) is 14.4. The molecule has 0 radical (unpaired) electrons. The van der Waals surface area contributed by atoms with E-state index in [-0.39, 0.29) is 5.54 Å². The Balaban J connectivity index is 2.13. The number of hydrogen-bond donors (Lipinski definition) is 1. The highest BCUT2D eigenvalue weighted by Crippen LogP contribution is 2.37. The molecule has 1 spiro atoms. The summed E-state index contributed by atoms with van der Waals surface area (Å²) in [6.07, 6.45) is 6.63. The predicted molar refractivity (Wildman–Crippen MR) is 79.1 cm³/mol. The van der Waals surface area contributed by atoms with E-state index in [2.05, 4.69) is 31.0 Å². The molecule has 1 heterocycles. The van der Waals surface area contributed by atoms with Crippen LogP contribution in [0.15, 0.2) is 11.1 Å². The van der Waals surface area contributed by atoms with Crippen LogP contribution in [0.25, 0.3) is 0 Å². The van der Waals surface area contributed by atoms with Gasteiger partial charge in [-0.25, -0.2) is 0 Å². The lowest BCUT2D eigenvalue weighted by Crippen LogP contribution is -2.68. The van der Waals surface area contributed by atoms with Crippen molar-refractivity contribution in [3.05, 3.63) is 11.1 Å². The number of hydrogen-bond acceptors (Lipinski definition) is 2. The van der Waals surface area contributed by atoms with Crippen LogP contribution in [0.3, 0.4) is 0 Å². The standard InChI is InChI=1S/C15H27ClN2/c1-4-14(3)11-17-15(7-5-6-8-15)12-18(14)10-13(2)9-16/h9,17H,4-8,10-12H2,1-3H3. The maximum atomic E-state index is 5.85. The Hall–Kier alpha value is -0.0500. The highest BCUT2D eigenvalue weighted by Gasteiger charge is 2.45. The average molecular weight is 271 g/mol. The van der Waals surface area contributed by atoms with Crippen LogP contribution < -0.4 is 5.32 Å². The molecule has 0 amide bonds. The molecule has 2 nitrogen and oxygen atoms in total. The smallest absolute Gasteiger partial charge is 0.0309 e. The van der Waals surface area contributed by atoms with Gasteiger partial charge in [0, 0.05) is 36.2 Å². The molecular formula is C15H27ClN2. The van der Waals surface area contributed by atoms with E-state index in [1.165, 1.54) is 44.2 Å². The number of rotatable bonds is 3. The number of piperazine rings is 1. The molecule has 0 aromatic rings. The lowest BCUT2D eigenvalue weighted by atomic mass is 9.85. The predicted octanol–water partition coefficient (Wildman–Crippen LogP) is 3.52. The van der Waals surface area contributed by atoms with Gasteiger partial charge in [0.05, 0.1) is 0 Å². The summed E-state index contributed by atoms with van der Waals surface area (Å²) >= 11 is 5.85. The van der Waals surface area contributed by atoms with Gasteiger partial charge in [-0.3, -0.25) is 4.90 Å². The topological polar surface area (TPSA) is 15.3 Å². The molecule has 1 unspecified atom stereocenters. The molecular weight excluding hydrogens is 244 g/mol. The van der Waals surface area contributed by atoms with Crippen LogP contribution in [0.2, 0.25) is 0 Å². The molecule has 1 atom stereocenters. The fourth-order valence-electron chi connectivity index (χ4n) is 3.42. The Kier molecular flexibility index (Phi) is 4.40. The first-order valence-corrected chi connectivity index (χ1v) is 7.73. The minimum absolute atomic E-state index is 0.273. The van der Waals surface area contributed by atoms with Crippen LogP contribution in [-0.4, -0.2) is 35.6 Å². The van der Waals surface area contributed by atoms with Crippen molar-refractivity contribution in [1.29, 1.82) is 0 Å². The van der Waals surface area contributed by atoms with Crippen molar-refractivity contribution < 1.29 is 0 Å². The highest BCUT2D eigenvalue weighted by molar-refractivity contribution is 6.25. The SMILES string of the molecule is CCC1(C)CNC2(CCCC2)CN1CC(C)=CCl. The van der Waals surface area contributed by atoms with Gasteiger partial charge >= 0.3 is 0 Å². The van der Waals surface area contributed by atoms with E-state index >= 15 is 0 Å². The Morgan fingerprint density at radius 1 is 1.39 bits per heavy atom. The van der Waals surface area contributed by atoms with Crippen molar-refractivity contribution in [2.24, 2.45) is 0 Å². The second-order valence-electron chi connectivity index (χ2n) is 6.50. The first-order chi connectivity index (χ1) is 8.53. The van der Waals surface area contributed by atoms with E-state index in [4.69, 9.17) is 11.6 Å². The van der Waals surface area contributed by atoms with Gasteiger partial charge in [0.1, 0.15) is 0 Å². The zero-order valence-corrected chi connectivity index (χ0v) is 12.8. The lowest BCUT2D eigenvalue weighted by Gasteiger charge is -2.52. The second kappa shape index (κ2) is 5.52. The first-order valence-electron chi connectivity index (χ1n) is 7.29. The summed E-state index contributed by atoms with van der Waals surface area (Å²) in [7, 11) is 0. The van der Waals surface area contributed by atoms with Gasteiger partial charge in [-0.2, -0.15) is 0 Å². The van der Waals surface area contributed by atoms with Crippen LogP contribution in [0.4, 0.5) is 0 Å². The summed E-state index contributed by atoms with van der Waals surface area (Å²) in [5.74, 6) is 0. The summed E-state index contributed by atoms with van der Waals surface area (Å²) < 4.78 is 0. The zero-order chi connectivity index (χ0) is 13.2. The van der Waals surface area contributed by atoms with E-state index in [1.807, 2.05) is 0 Å². The van der Waals surface area contributed by atoms with Gasteiger partial charge in [0.15, 0.2) is 0 Å². The van der Waals surface area contributed by atoms with Crippen molar-refractivity contribution in [3.63, 3.8) is 0 Å². The molecule has 1 aliphatic heterocycles. The third kappa shape index (κ3) is 2.76. The van der Waals surface area contributed by atoms with Crippen LogP contribution in [0.1, 0.15) is 52.9 Å². The fourth-order valence-corrected chi connectivity index (χ4v) is 3.49. The van der Waals surface area contributed by atoms with Crippen molar-refractivity contribution >= 4 is 11.6 Å². The van der Waals surface area contributed by atoms with Gasteiger partial charge in [-0.1, -0.05) is 31.4 Å². The van der Waals surface area contributed by atoms with Gasteiger partial charge < -0.3 is 5.32 Å². The highest BCUT2D eigenvalue weighted by atomic mass is 35.5. The fraction of sp³-hybridized carbons (Fsp3) is 0.867. The van der Waals surface area contributed by atoms with E-state index < -0.39 is 0 Å². The third-order valence-corrected chi connectivity index (χ3v) is 5.42. The van der Waals surface area contributed by atoms with Gasteiger partial charge in [-0.15, -0.1) is 0 Å². The minimum Gasteiger partial charge on any atom is -0.308 e.